The molecule has 2 aliphatic heterocycles. The van der Waals surface area contributed by atoms with Crippen molar-refractivity contribution in [2.24, 2.45) is 5.92 Å². The Labute approximate surface area is 139 Å². The van der Waals surface area contributed by atoms with Gasteiger partial charge in [0.2, 0.25) is 0 Å². The van der Waals surface area contributed by atoms with E-state index in [1.165, 1.54) is 25.9 Å². The normalized spacial score (nSPS) is 25.2. The third kappa shape index (κ3) is 4.70. The fourth-order valence-corrected chi connectivity index (χ4v) is 3.41. The molecule has 2 fully saturated rings. The molecule has 0 amide bonds. The molecule has 2 unspecified atom stereocenters. The van der Waals surface area contributed by atoms with Crippen LogP contribution in [0.3, 0.4) is 0 Å². The highest BCUT2D eigenvalue weighted by Gasteiger charge is 2.23. The Kier molecular flexibility index (Phi) is 5.90. The first-order valence-corrected chi connectivity index (χ1v) is 8.81. The van der Waals surface area contributed by atoms with Gasteiger partial charge in [-0.15, -0.1) is 0 Å². The molecule has 0 aliphatic carbocycles. The molecule has 3 rings (SSSR count). The van der Waals surface area contributed by atoms with Crippen LogP contribution < -0.4 is 4.74 Å². The highest BCUT2D eigenvalue weighted by molar-refractivity contribution is 5.29. The van der Waals surface area contributed by atoms with Gasteiger partial charge in [0.1, 0.15) is 5.75 Å². The van der Waals surface area contributed by atoms with E-state index in [1.54, 1.807) is 0 Å². The van der Waals surface area contributed by atoms with Crippen LogP contribution in [0, 0.1) is 17.2 Å². The lowest BCUT2D eigenvalue weighted by Crippen LogP contribution is -2.21. The van der Waals surface area contributed by atoms with Gasteiger partial charge in [0.15, 0.2) is 0 Å². The summed E-state index contributed by atoms with van der Waals surface area (Å²) in [6.45, 7) is 5.09. The van der Waals surface area contributed by atoms with Crippen molar-refractivity contribution in [1.82, 2.24) is 4.90 Å². The maximum absolute atomic E-state index is 9.07. The fourth-order valence-electron chi connectivity index (χ4n) is 3.41. The zero-order chi connectivity index (χ0) is 15.9. The summed E-state index contributed by atoms with van der Waals surface area (Å²) < 4.78 is 11.6. The number of benzene rings is 1. The third-order valence-electron chi connectivity index (χ3n) is 4.80. The van der Waals surface area contributed by atoms with Gasteiger partial charge in [-0.1, -0.05) is 12.1 Å². The quantitative estimate of drug-likeness (QED) is 0.753. The second kappa shape index (κ2) is 8.33. The smallest absolute Gasteiger partial charge is 0.119 e. The van der Waals surface area contributed by atoms with E-state index < -0.39 is 0 Å². The number of nitriles is 1. The summed E-state index contributed by atoms with van der Waals surface area (Å²) in [7, 11) is 0. The van der Waals surface area contributed by atoms with Gasteiger partial charge in [-0.2, -0.15) is 5.26 Å². The van der Waals surface area contributed by atoms with Gasteiger partial charge in [-0.05, 0) is 62.9 Å². The fraction of sp³-hybridized carbons (Fsp3) is 0.632. The predicted octanol–water partition coefficient (Wildman–Crippen LogP) is 3.54. The molecule has 4 heteroatoms. The Morgan fingerprint density at radius 1 is 1.22 bits per heavy atom. The molecule has 2 heterocycles. The lowest BCUT2D eigenvalue weighted by atomic mass is 9.93. The molecule has 23 heavy (non-hydrogen) atoms. The molecule has 0 spiro atoms. The molecule has 2 atom stereocenters. The SMILES string of the molecule is N#CC1CCOC(c2ccc(OCCCN3CCCC3)cc2)C1. The van der Waals surface area contributed by atoms with Crippen molar-refractivity contribution < 1.29 is 9.47 Å². The van der Waals surface area contributed by atoms with Crippen LogP contribution in [0.2, 0.25) is 0 Å². The van der Waals surface area contributed by atoms with Crippen LogP contribution in [-0.2, 0) is 4.74 Å². The number of hydrogen-bond donors (Lipinski definition) is 0. The molecular weight excluding hydrogens is 288 g/mol. The number of likely N-dealkylation sites (tertiary alicyclic amines) is 1. The molecule has 0 aromatic heterocycles. The summed E-state index contributed by atoms with van der Waals surface area (Å²) in [5.74, 6) is 1.04. The molecule has 1 aromatic carbocycles. The maximum Gasteiger partial charge on any atom is 0.119 e. The second-order valence-electron chi connectivity index (χ2n) is 6.53. The van der Waals surface area contributed by atoms with Crippen molar-refractivity contribution in [3.05, 3.63) is 29.8 Å². The van der Waals surface area contributed by atoms with E-state index in [-0.39, 0.29) is 12.0 Å². The number of nitrogens with zero attached hydrogens (tertiary/aromatic N) is 2. The van der Waals surface area contributed by atoms with Crippen molar-refractivity contribution >= 4 is 0 Å². The van der Waals surface area contributed by atoms with Crippen LogP contribution in [0.25, 0.3) is 0 Å². The van der Waals surface area contributed by atoms with Gasteiger partial charge in [0.05, 0.1) is 24.7 Å². The van der Waals surface area contributed by atoms with Crippen molar-refractivity contribution in [1.29, 1.82) is 5.26 Å². The summed E-state index contributed by atoms with van der Waals surface area (Å²) >= 11 is 0. The lowest BCUT2D eigenvalue weighted by Gasteiger charge is -2.26. The highest BCUT2D eigenvalue weighted by atomic mass is 16.5. The Morgan fingerprint density at radius 2 is 2.00 bits per heavy atom. The van der Waals surface area contributed by atoms with Crippen molar-refractivity contribution in [3.63, 3.8) is 0 Å². The van der Waals surface area contributed by atoms with E-state index in [2.05, 4.69) is 23.1 Å². The molecule has 0 saturated carbocycles. The van der Waals surface area contributed by atoms with E-state index in [0.717, 1.165) is 43.7 Å². The molecule has 124 valence electrons. The lowest BCUT2D eigenvalue weighted by molar-refractivity contribution is 0.000685. The third-order valence-corrected chi connectivity index (χ3v) is 4.80. The van der Waals surface area contributed by atoms with E-state index in [0.29, 0.717) is 6.61 Å². The topological polar surface area (TPSA) is 45.5 Å². The Balaban J connectivity index is 1.42. The highest BCUT2D eigenvalue weighted by Crippen LogP contribution is 2.32. The zero-order valence-electron chi connectivity index (χ0n) is 13.7. The molecule has 2 saturated heterocycles. The molecule has 1 aromatic rings. The maximum atomic E-state index is 9.07. The second-order valence-corrected chi connectivity index (χ2v) is 6.53. The molecule has 2 aliphatic rings. The van der Waals surface area contributed by atoms with Crippen molar-refractivity contribution in [2.75, 3.05) is 32.8 Å². The van der Waals surface area contributed by atoms with Crippen LogP contribution >= 0.6 is 0 Å². The molecule has 0 radical (unpaired) electrons. The number of hydrogen-bond acceptors (Lipinski definition) is 4. The van der Waals surface area contributed by atoms with Crippen LogP contribution in [-0.4, -0.2) is 37.7 Å². The molecule has 0 N–H and O–H groups in total. The largest absolute Gasteiger partial charge is 0.494 e. The van der Waals surface area contributed by atoms with Crippen LogP contribution in [0.1, 0.15) is 43.8 Å². The first kappa shape index (κ1) is 16.3. The zero-order valence-corrected chi connectivity index (χ0v) is 13.7. The van der Waals surface area contributed by atoms with E-state index in [1.807, 2.05) is 12.1 Å². The number of rotatable bonds is 6. The minimum absolute atomic E-state index is 0.0533. The summed E-state index contributed by atoms with van der Waals surface area (Å²) in [6, 6.07) is 10.5. The monoisotopic (exact) mass is 314 g/mol. The van der Waals surface area contributed by atoms with Crippen molar-refractivity contribution in [2.45, 2.75) is 38.2 Å². The number of ether oxygens (including phenoxy) is 2. The first-order valence-electron chi connectivity index (χ1n) is 8.81. The van der Waals surface area contributed by atoms with Crippen LogP contribution in [0.4, 0.5) is 0 Å². The van der Waals surface area contributed by atoms with Gasteiger partial charge >= 0.3 is 0 Å². The van der Waals surface area contributed by atoms with Gasteiger partial charge in [0, 0.05) is 13.2 Å². The van der Waals surface area contributed by atoms with E-state index >= 15 is 0 Å². The van der Waals surface area contributed by atoms with Gasteiger partial charge < -0.3 is 14.4 Å². The first-order chi connectivity index (χ1) is 11.3. The summed E-state index contributed by atoms with van der Waals surface area (Å²) in [6.07, 6.45) is 5.48. The van der Waals surface area contributed by atoms with E-state index in [4.69, 9.17) is 14.7 Å². The molecule has 4 nitrogen and oxygen atoms in total. The Bertz CT molecular complexity index is 517. The standard InChI is InChI=1S/C19H26N2O2/c20-15-16-8-13-23-19(14-16)17-4-6-18(7-5-17)22-12-3-11-21-9-1-2-10-21/h4-7,16,19H,1-3,8-14H2. The molecule has 0 bridgehead atoms. The van der Waals surface area contributed by atoms with E-state index in [9.17, 15) is 0 Å². The van der Waals surface area contributed by atoms with Crippen molar-refractivity contribution in [3.8, 4) is 11.8 Å². The van der Waals surface area contributed by atoms with Crippen LogP contribution in [0.15, 0.2) is 24.3 Å². The predicted molar refractivity (Wildman–Crippen MR) is 89.3 cm³/mol. The Hall–Kier alpha value is -1.57. The van der Waals surface area contributed by atoms with Crippen LogP contribution in [0.5, 0.6) is 5.75 Å². The Morgan fingerprint density at radius 3 is 2.74 bits per heavy atom. The summed E-state index contributed by atoms with van der Waals surface area (Å²) in [4.78, 5) is 2.51. The van der Waals surface area contributed by atoms with Gasteiger partial charge in [0.25, 0.3) is 0 Å². The average Bonchev–Trinajstić information content (AvgIpc) is 3.13. The summed E-state index contributed by atoms with van der Waals surface area (Å²) in [5.41, 5.74) is 1.15. The van der Waals surface area contributed by atoms with Gasteiger partial charge in [-0.25, -0.2) is 0 Å². The van der Waals surface area contributed by atoms with Gasteiger partial charge in [-0.3, -0.25) is 0 Å². The minimum atomic E-state index is 0.0533. The minimum Gasteiger partial charge on any atom is -0.494 e. The average molecular weight is 314 g/mol. The summed E-state index contributed by atoms with van der Waals surface area (Å²) in [5, 5.41) is 9.07. The molecular formula is C19H26N2O2.